The van der Waals surface area contributed by atoms with E-state index < -0.39 is 0 Å². The standard InChI is InChI=1S/C7H7N3O/c1-11-6-4-8-7-2-3-9-10(7)5-6/h2-5H,1H3. The zero-order valence-corrected chi connectivity index (χ0v) is 6.06. The highest BCUT2D eigenvalue weighted by Crippen LogP contribution is 2.07. The van der Waals surface area contributed by atoms with Gasteiger partial charge in [0.05, 0.1) is 25.7 Å². The molecule has 0 aliphatic rings. The molecule has 2 aromatic heterocycles. The van der Waals surface area contributed by atoms with Gasteiger partial charge in [-0.05, 0) is 0 Å². The normalized spacial score (nSPS) is 10.3. The lowest BCUT2D eigenvalue weighted by atomic mass is 10.6. The van der Waals surface area contributed by atoms with Crippen molar-refractivity contribution in [3.8, 4) is 5.75 Å². The first-order valence-electron chi connectivity index (χ1n) is 3.23. The molecule has 0 aliphatic heterocycles. The van der Waals surface area contributed by atoms with Crippen LogP contribution >= 0.6 is 0 Å². The van der Waals surface area contributed by atoms with Crippen LogP contribution in [0.15, 0.2) is 24.7 Å². The number of aromatic nitrogens is 3. The largest absolute Gasteiger partial charge is 0.494 e. The predicted octanol–water partition coefficient (Wildman–Crippen LogP) is 0.738. The summed E-state index contributed by atoms with van der Waals surface area (Å²) in [6.45, 7) is 0. The van der Waals surface area contributed by atoms with Gasteiger partial charge in [-0.2, -0.15) is 5.10 Å². The van der Waals surface area contributed by atoms with Crippen LogP contribution < -0.4 is 4.74 Å². The minimum Gasteiger partial charge on any atom is -0.494 e. The van der Waals surface area contributed by atoms with E-state index >= 15 is 0 Å². The molecule has 4 nitrogen and oxygen atoms in total. The molecule has 0 spiro atoms. The second kappa shape index (κ2) is 2.23. The van der Waals surface area contributed by atoms with E-state index in [4.69, 9.17) is 4.74 Å². The summed E-state index contributed by atoms with van der Waals surface area (Å²) in [5.74, 6) is 0.709. The van der Waals surface area contributed by atoms with Crippen LogP contribution in [0.4, 0.5) is 0 Å². The molecule has 0 saturated carbocycles. The molecule has 0 saturated heterocycles. The van der Waals surface area contributed by atoms with Crippen LogP contribution in [0.25, 0.3) is 5.65 Å². The zero-order valence-electron chi connectivity index (χ0n) is 6.06. The number of methoxy groups -OCH3 is 1. The Morgan fingerprint density at radius 3 is 3.27 bits per heavy atom. The van der Waals surface area contributed by atoms with Gasteiger partial charge in [-0.1, -0.05) is 0 Å². The van der Waals surface area contributed by atoms with E-state index in [0.29, 0.717) is 5.75 Å². The summed E-state index contributed by atoms with van der Waals surface area (Å²) in [5, 5.41) is 4.00. The number of hydrogen-bond donors (Lipinski definition) is 0. The second-order valence-electron chi connectivity index (χ2n) is 2.13. The molecule has 56 valence electrons. The number of hydrogen-bond acceptors (Lipinski definition) is 3. The van der Waals surface area contributed by atoms with Crippen molar-refractivity contribution >= 4 is 5.65 Å². The molecule has 0 amide bonds. The molecule has 0 aliphatic carbocycles. The molecule has 0 bridgehead atoms. The third-order valence-corrected chi connectivity index (χ3v) is 1.46. The van der Waals surface area contributed by atoms with Crippen molar-refractivity contribution in [2.45, 2.75) is 0 Å². The van der Waals surface area contributed by atoms with Gasteiger partial charge in [-0.15, -0.1) is 0 Å². The number of fused-ring (bicyclic) bond motifs is 1. The highest BCUT2D eigenvalue weighted by atomic mass is 16.5. The number of rotatable bonds is 1. The summed E-state index contributed by atoms with van der Waals surface area (Å²) in [7, 11) is 1.60. The number of ether oxygens (including phenoxy) is 1. The van der Waals surface area contributed by atoms with E-state index in [1.807, 2.05) is 6.07 Å². The lowest BCUT2D eigenvalue weighted by Gasteiger charge is -1.97. The van der Waals surface area contributed by atoms with E-state index in [9.17, 15) is 0 Å². The average molecular weight is 149 g/mol. The van der Waals surface area contributed by atoms with Crippen LogP contribution in [-0.2, 0) is 0 Å². The summed E-state index contributed by atoms with van der Waals surface area (Å²) in [6.07, 6.45) is 5.14. The highest BCUT2D eigenvalue weighted by Gasteiger charge is 1.95. The van der Waals surface area contributed by atoms with Gasteiger partial charge in [-0.3, -0.25) is 0 Å². The summed E-state index contributed by atoms with van der Waals surface area (Å²) >= 11 is 0. The molecular formula is C7H7N3O. The molecule has 11 heavy (non-hydrogen) atoms. The fourth-order valence-electron chi connectivity index (χ4n) is 0.898. The molecular weight excluding hydrogens is 142 g/mol. The van der Waals surface area contributed by atoms with Crippen molar-refractivity contribution in [1.29, 1.82) is 0 Å². The topological polar surface area (TPSA) is 39.4 Å². The molecule has 0 atom stereocenters. The SMILES string of the molecule is COc1cnc2ccnn2c1. The van der Waals surface area contributed by atoms with Gasteiger partial charge < -0.3 is 4.74 Å². The van der Waals surface area contributed by atoms with Crippen molar-refractivity contribution in [2.75, 3.05) is 7.11 Å². The minimum atomic E-state index is 0.709. The van der Waals surface area contributed by atoms with Gasteiger partial charge in [0.1, 0.15) is 0 Å². The van der Waals surface area contributed by atoms with Crippen LogP contribution in [0, 0.1) is 0 Å². The molecule has 2 rings (SSSR count). The highest BCUT2D eigenvalue weighted by molar-refractivity contribution is 5.37. The molecule has 0 aromatic carbocycles. The van der Waals surface area contributed by atoms with Crippen LogP contribution in [0.5, 0.6) is 5.75 Å². The van der Waals surface area contributed by atoms with Gasteiger partial charge in [0.25, 0.3) is 0 Å². The van der Waals surface area contributed by atoms with Crippen molar-refractivity contribution in [2.24, 2.45) is 0 Å². The van der Waals surface area contributed by atoms with Crippen molar-refractivity contribution < 1.29 is 4.74 Å². The maximum Gasteiger partial charge on any atom is 0.155 e. The Morgan fingerprint density at radius 1 is 1.55 bits per heavy atom. The van der Waals surface area contributed by atoms with Gasteiger partial charge in [0.15, 0.2) is 11.4 Å². The smallest absolute Gasteiger partial charge is 0.155 e. The zero-order chi connectivity index (χ0) is 7.68. The Balaban J connectivity index is 2.67. The van der Waals surface area contributed by atoms with Gasteiger partial charge in [0, 0.05) is 6.07 Å². The fourth-order valence-corrected chi connectivity index (χ4v) is 0.898. The van der Waals surface area contributed by atoms with Crippen LogP contribution in [0.2, 0.25) is 0 Å². The average Bonchev–Trinajstić information content (AvgIpc) is 2.50. The first-order chi connectivity index (χ1) is 5.40. The number of nitrogens with zero attached hydrogens (tertiary/aromatic N) is 3. The first-order valence-corrected chi connectivity index (χ1v) is 3.23. The summed E-state index contributed by atoms with van der Waals surface area (Å²) in [4.78, 5) is 4.09. The molecule has 0 N–H and O–H groups in total. The summed E-state index contributed by atoms with van der Waals surface area (Å²) in [6, 6.07) is 1.83. The van der Waals surface area contributed by atoms with E-state index in [2.05, 4.69) is 10.1 Å². The molecule has 4 heteroatoms. The van der Waals surface area contributed by atoms with Crippen LogP contribution in [-0.4, -0.2) is 21.7 Å². The van der Waals surface area contributed by atoms with Crippen molar-refractivity contribution in [3.05, 3.63) is 24.7 Å². The first kappa shape index (κ1) is 6.15. The maximum absolute atomic E-state index is 4.97. The fraction of sp³-hybridized carbons (Fsp3) is 0.143. The summed E-state index contributed by atoms with van der Waals surface area (Å²) in [5.41, 5.74) is 0.825. The van der Waals surface area contributed by atoms with Crippen molar-refractivity contribution in [1.82, 2.24) is 14.6 Å². The maximum atomic E-state index is 4.97. The Hall–Kier alpha value is -1.58. The molecule has 0 unspecified atom stereocenters. The second-order valence-corrected chi connectivity index (χ2v) is 2.13. The molecule has 2 heterocycles. The Labute approximate surface area is 63.4 Å². The van der Waals surface area contributed by atoms with Gasteiger partial charge >= 0.3 is 0 Å². The monoisotopic (exact) mass is 149 g/mol. The van der Waals surface area contributed by atoms with Crippen LogP contribution in [0.1, 0.15) is 0 Å². The van der Waals surface area contributed by atoms with E-state index in [1.54, 1.807) is 30.2 Å². The lowest BCUT2D eigenvalue weighted by molar-refractivity contribution is 0.409. The molecule has 2 aromatic rings. The lowest BCUT2D eigenvalue weighted by Crippen LogP contribution is -1.91. The van der Waals surface area contributed by atoms with E-state index in [-0.39, 0.29) is 0 Å². The quantitative estimate of drug-likeness (QED) is 0.600. The van der Waals surface area contributed by atoms with Gasteiger partial charge in [0.2, 0.25) is 0 Å². The van der Waals surface area contributed by atoms with Gasteiger partial charge in [-0.25, -0.2) is 9.50 Å². The minimum absolute atomic E-state index is 0.709. The Kier molecular flexibility index (Phi) is 1.25. The van der Waals surface area contributed by atoms with Crippen molar-refractivity contribution in [3.63, 3.8) is 0 Å². The summed E-state index contributed by atoms with van der Waals surface area (Å²) < 4.78 is 6.63. The predicted molar refractivity (Wildman–Crippen MR) is 39.5 cm³/mol. The Bertz CT molecular complexity index is 368. The van der Waals surface area contributed by atoms with Crippen LogP contribution in [0.3, 0.4) is 0 Å². The Morgan fingerprint density at radius 2 is 2.45 bits per heavy atom. The van der Waals surface area contributed by atoms with E-state index in [1.165, 1.54) is 0 Å². The third-order valence-electron chi connectivity index (χ3n) is 1.46. The molecule has 0 fully saturated rings. The molecule has 0 radical (unpaired) electrons. The third kappa shape index (κ3) is 0.920. The van der Waals surface area contributed by atoms with E-state index in [0.717, 1.165) is 5.65 Å².